The van der Waals surface area contributed by atoms with Gasteiger partial charge in [-0.05, 0) is 13.0 Å². The number of hydrogen-bond donors (Lipinski definition) is 1. The summed E-state index contributed by atoms with van der Waals surface area (Å²) in [5.74, 6) is 0. The average Bonchev–Trinajstić information content (AvgIpc) is 1.99. The molecule has 0 saturated heterocycles. The maximum atomic E-state index is 5.49. The predicted molar refractivity (Wildman–Crippen MR) is 46.9 cm³/mol. The predicted octanol–water partition coefficient (Wildman–Crippen LogP) is 1.35. The zero-order chi connectivity index (χ0) is 7.98. The Morgan fingerprint density at radius 2 is 2.20 bits per heavy atom. The summed E-state index contributed by atoms with van der Waals surface area (Å²) in [6.07, 6.45) is 5.38. The van der Waals surface area contributed by atoms with Crippen LogP contribution in [0, 0.1) is 0 Å². The normalized spacial score (nSPS) is 13.0. The van der Waals surface area contributed by atoms with Gasteiger partial charge in [-0.2, -0.15) is 0 Å². The van der Waals surface area contributed by atoms with Crippen LogP contribution in [-0.4, -0.2) is 14.9 Å². The van der Waals surface area contributed by atoms with Crippen LogP contribution in [-0.2, 0) is 0 Å². The lowest BCUT2D eigenvalue weighted by atomic mass is 9.95. The van der Waals surface area contributed by atoms with E-state index in [-0.39, 0.29) is 0 Å². The summed E-state index contributed by atoms with van der Waals surface area (Å²) < 4.78 is 0. The second-order valence-electron chi connectivity index (χ2n) is 1.84. The Labute approximate surface area is 63.9 Å². The van der Waals surface area contributed by atoms with Crippen molar-refractivity contribution in [3.05, 3.63) is 36.0 Å². The fraction of sp³-hybridized carbons (Fsp3) is 0.250. The molecular formula is C8H12BN. The van der Waals surface area contributed by atoms with Crippen molar-refractivity contribution in [2.24, 2.45) is 0 Å². The lowest BCUT2D eigenvalue weighted by Gasteiger charge is -1.99. The van der Waals surface area contributed by atoms with Crippen LogP contribution in [0.2, 0.25) is 0 Å². The maximum Gasteiger partial charge on any atom is 0.113 e. The molecule has 52 valence electrons. The van der Waals surface area contributed by atoms with E-state index in [1.165, 1.54) is 0 Å². The highest BCUT2D eigenvalue weighted by Gasteiger charge is 1.84. The molecule has 0 rings (SSSR count). The van der Waals surface area contributed by atoms with E-state index in [0.717, 1.165) is 5.70 Å². The molecule has 0 spiro atoms. The molecule has 0 amide bonds. The Morgan fingerprint density at radius 1 is 1.60 bits per heavy atom. The zero-order valence-electron chi connectivity index (χ0n) is 6.52. The van der Waals surface area contributed by atoms with Gasteiger partial charge in [-0.3, -0.25) is 0 Å². The molecule has 0 heterocycles. The van der Waals surface area contributed by atoms with Crippen molar-refractivity contribution in [3.8, 4) is 0 Å². The van der Waals surface area contributed by atoms with E-state index in [0.29, 0.717) is 5.47 Å². The van der Waals surface area contributed by atoms with Crippen LogP contribution >= 0.6 is 0 Å². The Kier molecular flexibility index (Phi) is 4.47. The van der Waals surface area contributed by atoms with Gasteiger partial charge in [0.05, 0.1) is 0 Å². The van der Waals surface area contributed by atoms with Crippen LogP contribution in [0.25, 0.3) is 0 Å². The van der Waals surface area contributed by atoms with Gasteiger partial charge in [0, 0.05) is 12.7 Å². The van der Waals surface area contributed by atoms with Crippen LogP contribution < -0.4 is 5.32 Å². The van der Waals surface area contributed by atoms with E-state index in [1.807, 2.05) is 26.1 Å². The lowest BCUT2D eigenvalue weighted by Crippen LogP contribution is -2.02. The molecule has 1 nitrogen and oxygen atoms in total. The summed E-state index contributed by atoms with van der Waals surface area (Å²) in [6, 6.07) is 0. The second-order valence-corrected chi connectivity index (χ2v) is 1.84. The van der Waals surface area contributed by atoms with Crippen LogP contribution in [0.4, 0.5) is 0 Å². The molecule has 0 aliphatic rings. The van der Waals surface area contributed by atoms with Gasteiger partial charge in [0.2, 0.25) is 0 Å². The summed E-state index contributed by atoms with van der Waals surface area (Å²) in [4.78, 5) is 0. The quantitative estimate of drug-likeness (QED) is 0.452. The van der Waals surface area contributed by atoms with Gasteiger partial charge in [-0.25, -0.2) is 0 Å². The standard InChI is InChI=1S/C8H12BN/c1-4-7(9)6-8(5-2)10-3/h4-6,10H,1H2,2-3H3/b7-6+,8-5+. The first-order chi connectivity index (χ1) is 4.74. The third kappa shape index (κ3) is 3.18. The molecule has 0 saturated carbocycles. The molecule has 2 radical (unpaired) electrons. The summed E-state index contributed by atoms with van der Waals surface area (Å²) >= 11 is 0. The van der Waals surface area contributed by atoms with Crippen molar-refractivity contribution in [1.82, 2.24) is 5.32 Å². The monoisotopic (exact) mass is 133 g/mol. The SMILES string of the molecule is [B]/C(C=C)=C/C(=C\C)NC. The Bertz CT molecular complexity index is 168. The summed E-state index contributed by atoms with van der Waals surface area (Å²) in [5, 5.41) is 2.97. The third-order valence-electron chi connectivity index (χ3n) is 1.16. The molecule has 0 atom stereocenters. The summed E-state index contributed by atoms with van der Waals surface area (Å²) in [5.41, 5.74) is 1.67. The summed E-state index contributed by atoms with van der Waals surface area (Å²) in [7, 11) is 7.34. The highest BCUT2D eigenvalue weighted by atomic mass is 14.8. The van der Waals surface area contributed by atoms with Crippen LogP contribution in [0.15, 0.2) is 36.0 Å². The van der Waals surface area contributed by atoms with Gasteiger partial charge in [-0.15, -0.1) is 0 Å². The molecule has 1 N–H and O–H groups in total. The highest BCUT2D eigenvalue weighted by Crippen LogP contribution is 1.95. The molecule has 0 aromatic carbocycles. The molecular weight excluding hydrogens is 121 g/mol. The first-order valence-electron chi connectivity index (χ1n) is 3.18. The number of hydrogen-bond acceptors (Lipinski definition) is 1. The molecule has 0 aromatic rings. The fourth-order valence-electron chi connectivity index (χ4n) is 0.538. The number of likely N-dealkylation sites (N-methyl/N-ethyl adjacent to an activating group) is 1. The van der Waals surface area contributed by atoms with Crippen LogP contribution in [0.3, 0.4) is 0 Å². The van der Waals surface area contributed by atoms with Gasteiger partial charge in [0.15, 0.2) is 0 Å². The minimum absolute atomic E-state index is 0.669. The van der Waals surface area contributed by atoms with Crippen LogP contribution in [0.5, 0.6) is 0 Å². The molecule has 0 aromatic heterocycles. The van der Waals surface area contributed by atoms with E-state index < -0.39 is 0 Å². The van der Waals surface area contributed by atoms with E-state index >= 15 is 0 Å². The minimum atomic E-state index is 0.669. The van der Waals surface area contributed by atoms with E-state index in [4.69, 9.17) is 7.85 Å². The van der Waals surface area contributed by atoms with Crippen molar-refractivity contribution in [2.45, 2.75) is 6.92 Å². The number of rotatable bonds is 3. The van der Waals surface area contributed by atoms with Crippen molar-refractivity contribution in [1.29, 1.82) is 0 Å². The van der Waals surface area contributed by atoms with Gasteiger partial charge >= 0.3 is 0 Å². The molecule has 0 bridgehead atoms. The van der Waals surface area contributed by atoms with Crippen molar-refractivity contribution >= 4 is 7.85 Å². The lowest BCUT2D eigenvalue weighted by molar-refractivity contribution is 1.03. The molecule has 0 aliphatic heterocycles. The molecule has 0 unspecified atom stereocenters. The average molecular weight is 133 g/mol. The number of allylic oxidation sites excluding steroid dienone is 4. The van der Waals surface area contributed by atoms with Crippen molar-refractivity contribution in [2.75, 3.05) is 7.05 Å². The minimum Gasteiger partial charge on any atom is -0.388 e. The topological polar surface area (TPSA) is 12.0 Å². The Balaban J connectivity index is 4.22. The second kappa shape index (κ2) is 4.92. The van der Waals surface area contributed by atoms with Gasteiger partial charge < -0.3 is 5.32 Å². The van der Waals surface area contributed by atoms with Gasteiger partial charge in [0.25, 0.3) is 0 Å². The third-order valence-corrected chi connectivity index (χ3v) is 1.16. The maximum absolute atomic E-state index is 5.49. The molecule has 2 heteroatoms. The Hall–Kier alpha value is -0.915. The van der Waals surface area contributed by atoms with Crippen molar-refractivity contribution in [3.63, 3.8) is 0 Å². The fourth-order valence-corrected chi connectivity index (χ4v) is 0.538. The van der Waals surface area contributed by atoms with Crippen molar-refractivity contribution < 1.29 is 0 Å². The molecule has 0 fully saturated rings. The summed E-state index contributed by atoms with van der Waals surface area (Å²) in [6.45, 7) is 5.48. The van der Waals surface area contributed by atoms with Gasteiger partial charge in [0.1, 0.15) is 7.85 Å². The van der Waals surface area contributed by atoms with E-state index in [1.54, 1.807) is 6.08 Å². The molecule has 0 aliphatic carbocycles. The first-order valence-corrected chi connectivity index (χ1v) is 3.18. The van der Waals surface area contributed by atoms with E-state index in [2.05, 4.69) is 11.9 Å². The number of nitrogens with one attached hydrogen (secondary N) is 1. The molecule has 10 heavy (non-hydrogen) atoms. The van der Waals surface area contributed by atoms with E-state index in [9.17, 15) is 0 Å². The highest BCUT2D eigenvalue weighted by molar-refractivity contribution is 6.23. The zero-order valence-corrected chi connectivity index (χ0v) is 6.52. The Morgan fingerprint density at radius 3 is 2.50 bits per heavy atom. The first kappa shape index (κ1) is 9.08. The largest absolute Gasteiger partial charge is 0.388 e. The smallest absolute Gasteiger partial charge is 0.113 e. The van der Waals surface area contributed by atoms with Crippen LogP contribution in [0.1, 0.15) is 6.92 Å². The van der Waals surface area contributed by atoms with Gasteiger partial charge in [-0.1, -0.05) is 24.2 Å².